The van der Waals surface area contributed by atoms with Gasteiger partial charge < -0.3 is 28.2 Å². The van der Waals surface area contributed by atoms with E-state index in [0.717, 1.165) is 81.6 Å². The number of methoxy groups -OCH3 is 2. The predicted molar refractivity (Wildman–Crippen MR) is 245 cm³/mol. The van der Waals surface area contributed by atoms with E-state index in [1.54, 1.807) is 14.2 Å². The van der Waals surface area contributed by atoms with Crippen LogP contribution in [0.5, 0.6) is 17.2 Å². The van der Waals surface area contributed by atoms with E-state index in [4.69, 9.17) is 26.4 Å². The standard InChI is InChI=1S/C47H55N3O9S3.Na/c1-46(2)39-30-37(57-5)20-22-41(39)49(26-7-9-28-61(51,52)53)43(46)24-14-33-12-11-13-34(45(33)59-36-18-16-35(17-19-36)48-32-60)15-25-44-47(3,4)40-31-38(58-6)21-23-42(40)50(44)27-8-10-29-62(54,55)56;/h14-25,30-31H,7-13,26-29H2,1-6H3,(H-,51,52,53,54,55,56);/q;+1/p-1. The van der Waals surface area contributed by atoms with Gasteiger partial charge >= 0.3 is 29.6 Å². The minimum atomic E-state index is -4.33. The predicted octanol–water partition coefficient (Wildman–Crippen LogP) is 6.15. The van der Waals surface area contributed by atoms with Crippen LogP contribution < -0.4 is 48.7 Å². The summed E-state index contributed by atoms with van der Waals surface area (Å²) in [6, 6.07) is 19.3. The van der Waals surface area contributed by atoms with E-state index in [0.29, 0.717) is 37.4 Å². The van der Waals surface area contributed by atoms with E-state index in [1.165, 1.54) is 0 Å². The molecule has 0 aromatic heterocycles. The first kappa shape index (κ1) is 50.1. The van der Waals surface area contributed by atoms with Gasteiger partial charge in [-0.3, -0.25) is 0 Å². The third kappa shape index (κ3) is 12.1. The van der Waals surface area contributed by atoms with Crippen LogP contribution in [0.4, 0.5) is 17.1 Å². The van der Waals surface area contributed by atoms with E-state index >= 15 is 0 Å². The summed E-state index contributed by atoms with van der Waals surface area (Å²) in [6.45, 7) is 9.66. The fourth-order valence-electron chi connectivity index (χ4n) is 8.61. The number of isothiocyanates is 1. The summed E-state index contributed by atoms with van der Waals surface area (Å²) in [5.41, 5.74) is 7.91. The minimum Gasteiger partial charge on any atom is -0.748 e. The molecule has 0 atom stereocenters. The Kier molecular flexibility index (Phi) is 16.7. The number of aliphatic imine (C=N–C) groups is 1. The number of hydrogen-bond acceptors (Lipinski definition) is 12. The number of rotatable bonds is 18. The van der Waals surface area contributed by atoms with Gasteiger partial charge in [0.05, 0.1) is 50.7 Å². The number of fused-ring (bicyclic) bond motifs is 2. The van der Waals surface area contributed by atoms with Gasteiger partial charge in [0.1, 0.15) is 29.6 Å². The van der Waals surface area contributed by atoms with Gasteiger partial charge in [-0.2, -0.15) is 9.57 Å². The molecule has 0 unspecified atom stereocenters. The van der Waals surface area contributed by atoms with Crippen molar-refractivity contribution in [3.8, 4) is 17.2 Å². The largest absolute Gasteiger partial charge is 1.00 e. The number of thiocarbonyl (C=S) groups is 1. The number of hydrogen-bond donors (Lipinski definition) is 0. The molecule has 0 amide bonds. The normalized spacial score (nSPS) is 18.1. The van der Waals surface area contributed by atoms with Crippen LogP contribution in [0.3, 0.4) is 0 Å². The first-order chi connectivity index (χ1) is 29.4. The van der Waals surface area contributed by atoms with Crippen molar-refractivity contribution in [2.75, 3.05) is 43.7 Å². The van der Waals surface area contributed by atoms with E-state index in [9.17, 15) is 25.9 Å². The monoisotopic (exact) mass is 923 g/mol. The van der Waals surface area contributed by atoms with Gasteiger partial charge in [-0.1, -0.05) is 19.9 Å². The van der Waals surface area contributed by atoms with E-state index in [-0.39, 0.29) is 42.4 Å². The van der Waals surface area contributed by atoms with Crippen molar-refractivity contribution in [2.24, 2.45) is 4.99 Å². The average Bonchev–Trinajstić information content (AvgIpc) is 3.56. The second-order valence-electron chi connectivity index (χ2n) is 16.7. The van der Waals surface area contributed by atoms with Crippen LogP contribution in [0.2, 0.25) is 0 Å². The molecule has 2 aliphatic heterocycles. The summed E-state index contributed by atoms with van der Waals surface area (Å²) in [7, 11) is -5.38. The first-order valence-electron chi connectivity index (χ1n) is 20.7. The number of anilines is 1. The SMILES string of the molecule is COc1ccc2c(c1)C(C)(C)C(/C=C/C1=C(Oc3ccc(N=C=S)cc3)C(=C/C=C3/N(CCCCS(=O)(=O)[O-])c4ccc(OC)cc4C3(C)C)/CCC1)=[N+]2CCCCS(=O)(=O)[O-].[Na+]. The van der Waals surface area contributed by atoms with Crippen LogP contribution in [0.1, 0.15) is 83.8 Å². The van der Waals surface area contributed by atoms with Crippen LogP contribution >= 0.6 is 12.2 Å². The van der Waals surface area contributed by atoms with E-state index in [2.05, 4.69) is 71.6 Å². The van der Waals surface area contributed by atoms with Gasteiger partial charge in [-0.15, -0.1) is 0 Å². The maximum absolute atomic E-state index is 11.4. The number of ether oxygens (including phenoxy) is 3. The summed E-state index contributed by atoms with van der Waals surface area (Å²) in [6.07, 6.45) is 12.4. The zero-order valence-electron chi connectivity index (χ0n) is 37.1. The molecule has 3 aromatic rings. The van der Waals surface area contributed by atoms with Crippen molar-refractivity contribution in [1.29, 1.82) is 0 Å². The molecule has 1 aliphatic carbocycles. The smallest absolute Gasteiger partial charge is 0.748 e. The summed E-state index contributed by atoms with van der Waals surface area (Å²) < 4.78 is 88.8. The van der Waals surface area contributed by atoms with Gasteiger partial charge in [-0.25, -0.2) is 16.8 Å². The molecule has 2 heterocycles. The number of unbranched alkanes of at least 4 members (excludes halogenated alkanes) is 2. The Bertz CT molecular complexity index is 2630. The maximum Gasteiger partial charge on any atom is 1.00 e. The van der Waals surface area contributed by atoms with Gasteiger partial charge in [0.15, 0.2) is 5.71 Å². The zero-order valence-corrected chi connectivity index (χ0v) is 41.6. The maximum atomic E-state index is 11.4. The molecule has 0 spiro atoms. The van der Waals surface area contributed by atoms with Crippen molar-refractivity contribution in [1.82, 2.24) is 0 Å². The molecule has 0 saturated carbocycles. The van der Waals surface area contributed by atoms with Gasteiger partial charge in [0, 0.05) is 59.0 Å². The number of allylic oxidation sites excluding steroid dienone is 7. The Morgan fingerprint density at radius 3 is 2.05 bits per heavy atom. The Labute approximate surface area is 399 Å². The Morgan fingerprint density at radius 2 is 1.41 bits per heavy atom. The summed E-state index contributed by atoms with van der Waals surface area (Å²) in [4.78, 5) is 6.30. The summed E-state index contributed by atoms with van der Waals surface area (Å²) in [5.74, 6) is 1.98. The third-order valence-corrected chi connectivity index (χ3v) is 13.5. The van der Waals surface area contributed by atoms with E-state index in [1.807, 2.05) is 60.7 Å². The number of nitrogens with zero attached hydrogens (tertiary/aromatic N) is 3. The molecule has 3 aliphatic rings. The molecule has 6 rings (SSSR count). The van der Waals surface area contributed by atoms with Crippen molar-refractivity contribution in [3.05, 3.63) is 119 Å². The molecule has 63 heavy (non-hydrogen) atoms. The molecule has 3 aromatic carbocycles. The van der Waals surface area contributed by atoms with Crippen LogP contribution in [-0.2, 0) is 31.1 Å². The van der Waals surface area contributed by atoms with E-state index < -0.39 is 42.6 Å². The molecule has 0 radical (unpaired) electrons. The van der Waals surface area contributed by atoms with Crippen molar-refractivity contribution in [3.63, 3.8) is 0 Å². The fourth-order valence-corrected chi connectivity index (χ4v) is 9.83. The van der Waals surface area contributed by atoms with Crippen LogP contribution in [0.15, 0.2) is 113 Å². The second kappa shape index (κ2) is 21.0. The molecule has 0 bridgehead atoms. The summed E-state index contributed by atoms with van der Waals surface area (Å²) in [5, 5.41) is 2.41. The van der Waals surface area contributed by atoms with Crippen molar-refractivity contribution in [2.45, 2.75) is 83.5 Å². The quantitative estimate of drug-likeness (QED) is 0.0360. The molecule has 0 N–H and O–H groups in total. The molecule has 330 valence electrons. The molecular weight excluding hydrogens is 870 g/mol. The van der Waals surface area contributed by atoms with Crippen LogP contribution in [-0.4, -0.2) is 80.2 Å². The van der Waals surface area contributed by atoms with Gasteiger partial charge in [-0.05, 0) is 148 Å². The van der Waals surface area contributed by atoms with Crippen LogP contribution in [0.25, 0.3) is 0 Å². The van der Waals surface area contributed by atoms with Crippen LogP contribution in [0, 0.1) is 0 Å². The van der Waals surface area contributed by atoms with Gasteiger partial charge in [0.2, 0.25) is 5.69 Å². The molecule has 12 nitrogen and oxygen atoms in total. The summed E-state index contributed by atoms with van der Waals surface area (Å²) >= 11 is 4.81. The van der Waals surface area contributed by atoms with Crippen molar-refractivity contribution >= 4 is 60.4 Å². The molecule has 0 fully saturated rings. The fraction of sp³-hybridized carbons (Fsp3) is 0.404. The Balaban J connectivity index is 0.00000748. The molecule has 0 saturated heterocycles. The van der Waals surface area contributed by atoms with Crippen molar-refractivity contribution < 1.29 is 74.3 Å². The molecular formula is C47H54N3NaO9S3. The topological polar surface area (TPSA) is 161 Å². The Morgan fingerprint density at radius 1 is 0.794 bits per heavy atom. The first-order valence-corrected chi connectivity index (χ1v) is 24.3. The third-order valence-electron chi connectivity index (χ3n) is 11.8. The van der Waals surface area contributed by atoms with Gasteiger partial charge in [0.25, 0.3) is 0 Å². The average molecular weight is 924 g/mol. The minimum absolute atomic E-state index is 0. The molecule has 16 heteroatoms. The second-order valence-corrected chi connectivity index (χ2v) is 20.0. The number of benzene rings is 3. The Hall–Kier alpha value is -3.89. The zero-order chi connectivity index (χ0) is 44.9.